The van der Waals surface area contributed by atoms with E-state index in [2.05, 4.69) is 10.4 Å². The molecule has 0 aliphatic rings. The van der Waals surface area contributed by atoms with Gasteiger partial charge in [0, 0.05) is 12.6 Å². The number of carbonyl (C=O) groups excluding carboxylic acids is 1. The first-order valence-electron chi connectivity index (χ1n) is 4.11. The predicted octanol–water partition coefficient (Wildman–Crippen LogP) is 1.55. The molecule has 0 atom stereocenters. The van der Waals surface area contributed by atoms with E-state index < -0.39 is 15.0 Å². The van der Waals surface area contributed by atoms with Gasteiger partial charge in [-0.1, -0.05) is 0 Å². The predicted molar refractivity (Wildman–Crippen MR) is 55.4 cm³/mol. The van der Waals surface area contributed by atoms with Gasteiger partial charge in [-0.3, -0.25) is 9.35 Å². The number of carbonyl (C=O) groups is 1. The standard InChI is InChI=1S/C8H9N3O4S/c1-5(12)10-6-2-3-8(16(13,14)15)7(4-6)11-9/h2-4,9H,1H3,(H,10,12)(H,13,14,15). The summed E-state index contributed by atoms with van der Waals surface area (Å²) < 4.78 is 30.6. The molecule has 0 fully saturated rings. The largest absolute Gasteiger partial charge is 0.326 e. The molecular formula is C8H9N3O4S. The van der Waals surface area contributed by atoms with Crippen molar-refractivity contribution in [2.45, 2.75) is 11.8 Å². The third-order valence-electron chi connectivity index (χ3n) is 1.68. The fourth-order valence-electron chi connectivity index (χ4n) is 1.10. The number of rotatable bonds is 3. The quantitative estimate of drug-likeness (QED) is 0.551. The summed E-state index contributed by atoms with van der Waals surface area (Å²) in [6, 6.07) is 3.53. The van der Waals surface area contributed by atoms with Gasteiger partial charge in [-0.15, -0.1) is 0 Å². The molecule has 0 aliphatic carbocycles. The van der Waals surface area contributed by atoms with Gasteiger partial charge >= 0.3 is 0 Å². The maximum Gasteiger partial charge on any atom is 0.296 e. The van der Waals surface area contributed by atoms with Crippen LogP contribution in [0.15, 0.2) is 28.2 Å². The van der Waals surface area contributed by atoms with Crippen LogP contribution in [0, 0.1) is 5.53 Å². The zero-order valence-electron chi connectivity index (χ0n) is 8.26. The second-order valence-corrected chi connectivity index (χ2v) is 4.34. The molecule has 8 heteroatoms. The smallest absolute Gasteiger partial charge is 0.296 e. The van der Waals surface area contributed by atoms with Gasteiger partial charge in [0.25, 0.3) is 10.1 Å². The first kappa shape index (κ1) is 12.3. The lowest BCUT2D eigenvalue weighted by atomic mass is 10.3. The minimum absolute atomic E-state index is 0.242. The van der Waals surface area contributed by atoms with E-state index in [0.717, 1.165) is 6.07 Å². The highest BCUT2D eigenvalue weighted by molar-refractivity contribution is 7.86. The van der Waals surface area contributed by atoms with Gasteiger partial charge < -0.3 is 5.32 Å². The molecule has 1 rings (SSSR count). The van der Waals surface area contributed by atoms with E-state index in [1.54, 1.807) is 0 Å². The van der Waals surface area contributed by atoms with E-state index in [0.29, 0.717) is 5.69 Å². The summed E-state index contributed by atoms with van der Waals surface area (Å²) in [5.74, 6) is -0.337. The highest BCUT2D eigenvalue weighted by atomic mass is 32.2. The third kappa shape index (κ3) is 2.84. The minimum Gasteiger partial charge on any atom is -0.326 e. The number of benzene rings is 1. The van der Waals surface area contributed by atoms with Gasteiger partial charge in [-0.05, 0) is 18.2 Å². The summed E-state index contributed by atoms with van der Waals surface area (Å²) in [6.45, 7) is 1.29. The Kier molecular flexibility index (Phi) is 3.35. The molecule has 3 N–H and O–H groups in total. The molecule has 86 valence electrons. The number of nitrogens with zero attached hydrogens (tertiary/aromatic N) is 1. The van der Waals surface area contributed by atoms with Crippen molar-refractivity contribution in [3.05, 3.63) is 18.2 Å². The molecule has 1 aromatic carbocycles. The van der Waals surface area contributed by atoms with Crippen LogP contribution < -0.4 is 5.32 Å². The molecule has 0 radical (unpaired) electrons. The average Bonchev–Trinajstić information content (AvgIpc) is 2.14. The Bertz CT molecular complexity index is 538. The lowest BCUT2D eigenvalue weighted by molar-refractivity contribution is -0.114. The third-order valence-corrected chi connectivity index (χ3v) is 2.58. The Morgan fingerprint density at radius 1 is 1.50 bits per heavy atom. The zero-order valence-corrected chi connectivity index (χ0v) is 9.08. The molecule has 1 amide bonds. The van der Waals surface area contributed by atoms with Crippen LogP contribution >= 0.6 is 0 Å². The van der Waals surface area contributed by atoms with E-state index in [1.807, 2.05) is 0 Å². The van der Waals surface area contributed by atoms with Gasteiger partial charge in [-0.2, -0.15) is 13.5 Å². The minimum atomic E-state index is -4.42. The van der Waals surface area contributed by atoms with Crippen LogP contribution in [0.4, 0.5) is 11.4 Å². The SMILES string of the molecule is CC(=O)Nc1ccc(S(=O)(=O)O)c(N=N)c1. The molecular weight excluding hydrogens is 234 g/mol. The van der Waals surface area contributed by atoms with E-state index in [9.17, 15) is 13.2 Å². The first-order valence-corrected chi connectivity index (χ1v) is 5.55. The topological polar surface area (TPSA) is 120 Å². The molecule has 0 aromatic heterocycles. The Balaban J connectivity index is 3.28. The van der Waals surface area contributed by atoms with E-state index in [-0.39, 0.29) is 11.6 Å². The summed E-state index contributed by atoms with van der Waals surface area (Å²) in [4.78, 5) is 10.3. The molecule has 0 saturated carbocycles. The molecule has 0 aliphatic heterocycles. The second kappa shape index (κ2) is 4.37. The van der Waals surface area contributed by atoms with Gasteiger partial charge in [0.05, 0.1) is 0 Å². The van der Waals surface area contributed by atoms with Gasteiger partial charge in [0.2, 0.25) is 5.91 Å². The van der Waals surface area contributed by atoms with Crippen LogP contribution in [0.5, 0.6) is 0 Å². The van der Waals surface area contributed by atoms with E-state index in [4.69, 9.17) is 10.1 Å². The average molecular weight is 243 g/mol. The van der Waals surface area contributed by atoms with Gasteiger partial charge in [-0.25, -0.2) is 5.53 Å². The van der Waals surface area contributed by atoms with Crippen LogP contribution in [-0.2, 0) is 14.9 Å². The number of nitrogens with one attached hydrogen (secondary N) is 2. The zero-order chi connectivity index (χ0) is 12.3. The van der Waals surface area contributed by atoms with Crippen molar-refractivity contribution in [1.82, 2.24) is 0 Å². The second-order valence-electron chi connectivity index (χ2n) is 2.95. The summed E-state index contributed by atoms with van der Waals surface area (Å²) in [7, 11) is -4.42. The number of hydrogen-bond donors (Lipinski definition) is 3. The van der Waals surface area contributed by atoms with Crippen LogP contribution in [0.2, 0.25) is 0 Å². The summed E-state index contributed by atoms with van der Waals surface area (Å²) in [5.41, 5.74) is 6.84. The van der Waals surface area contributed by atoms with Crippen LogP contribution in [0.25, 0.3) is 0 Å². The molecule has 7 nitrogen and oxygen atoms in total. The monoisotopic (exact) mass is 243 g/mol. The van der Waals surface area contributed by atoms with Crippen molar-refractivity contribution in [2.24, 2.45) is 5.11 Å². The fraction of sp³-hybridized carbons (Fsp3) is 0.125. The molecule has 16 heavy (non-hydrogen) atoms. The summed E-state index contributed by atoms with van der Waals surface area (Å²) >= 11 is 0. The van der Waals surface area contributed by atoms with Crippen molar-refractivity contribution >= 4 is 27.4 Å². The molecule has 1 aromatic rings. The Morgan fingerprint density at radius 3 is 2.56 bits per heavy atom. The lowest BCUT2D eigenvalue weighted by Crippen LogP contribution is -2.06. The molecule has 0 saturated heterocycles. The Labute approximate surface area is 91.7 Å². The lowest BCUT2D eigenvalue weighted by Gasteiger charge is -2.05. The highest BCUT2D eigenvalue weighted by Gasteiger charge is 2.15. The van der Waals surface area contributed by atoms with Crippen LogP contribution in [0.1, 0.15) is 6.92 Å². The highest BCUT2D eigenvalue weighted by Crippen LogP contribution is 2.27. The fourth-order valence-corrected chi connectivity index (χ4v) is 1.71. The normalized spacial score (nSPS) is 10.9. The maximum atomic E-state index is 10.9. The van der Waals surface area contributed by atoms with Crippen molar-refractivity contribution in [1.29, 1.82) is 5.53 Å². The van der Waals surface area contributed by atoms with Crippen LogP contribution in [0.3, 0.4) is 0 Å². The molecule has 0 bridgehead atoms. The summed E-state index contributed by atoms with van der Waals surface area (Å²) in [6.07, 6.45) is 0. The van der Waals surface area contributed by atoms with Crippen molar-refractivity contribution in [2.75, 3.05) is 5.32 Å². The maximum absolute atomic E-state index is 10.9. The van der Waals surface area contributed by atoms with E-state index >= 15 is 0 Å². The number of anilines is 1. The molecule has 0 spiro atoms. The van der Waals surface area contributed by atoms with Crippen molar-refractivity contribution in [3.8, 4) is 0 Å². The summed E-state index contributed by atoms with van der Waals surface area (Å²) in [5, 5.41) is 5.36. The Morgan fingerprint density at radius 2 is 2.12 bits per heavy atom. The molecule has 0 unspecified atom stereocenters. The number of hydrogen-bond acceptors (Lipinski definition) is 5. The number of amides is 1. The Hall–Kier alpha value is -1.80. The van der Waals surface area contributed by atoms with Gasteiger partial charge in [0.1, 0.15) is 10.6 Å². The van der Waals surface area contributed by atoms with Crippen molar-refractivity contribution < 1.29 is 17.8 Å². The van der Waals surface area contributed by atoms with E-state index in [1.165, 1.54) is 19.1 Å². The van der Waals surface area contributed by atoms with Crippen LogP contribution in [-0.4, -0.2) is 18.9 Å². The van der Waals surface area contributed by atoms with Gasteiger partial charge in [0.15, 0.2) is 0 Å². The molecule has 0 heterocycles. The van der Waals surface area contributed by atoms with Crippen molar-refractivity contribution in [3.63, 3.8) is 0 Å². The first-order chi connectivity index (χ1) is 7.34.